The Balaban J connectivity index is 3.27. The highest BCUT2D eigenvalue weighted by Crippen LogP contribution is 2.29. The molecule has 0 bridgehead atoms. The fourth-order valence-electron chi connectivity index (χ4n) is 0.609. The second-order valence-electron chi connectivity index (χ2n) is 1.92. The highest BCUT2D eigenvalue weighted by molar-refractivity contribution is 14.1. The summed E-state index contributed by atoms with van der Waals surface area (Å²) in [5, 5.41) is 0.407. The maximum atomic E-state index is 12.2. The molecule has 0 aliphatic heterocycles. The van der Waals surface area contributed by atoms with Gasteiger partial charge in [-0.25, -0.2) is 8.78 Å². The summed E-state index contributed by atoms with van der Waals surface area (Å²) in [6.07, 6.45) is -1.30. The molecule has 1 nitrogen and oxygen atoms in total. The van der Waals surface area contributed by atoms with E-state index in [1.54, 1.807) is 0 Å². The molecule has 0 amide bonds. The molecule has 0 aromatic carbocycles. The molecule has 0 saturated heterocycles. The van der Waals surface area contributed by atoms with E-state index in [0.29, 0.717) is 12.2 Å². The zero-order chi connectivity index (χ0) is 9.30. The van der Waals surface area contributed by atoms with Gasteiger partial charge >= 0.3 is 0 Å². The molecule has 0 aliphatic carbocycles. The standard InChI is InChI=1S/C6H2ClF2I2N/c7-2-1-12-5(6(8)9)4(11)3(2)10/h1,6H. The molecule has 66 valence electrons. The number of hydrogen-bond acceptors (Lipinski definition) is 1. The van der Waals surface area contributed by atoms with Crippen LogP contribution in [0.5, 0.6) is 0 Å². The van der Waals surface area contributed by atoms with Crippen molar-refractivity contribution in [2.24, 2.45) is 0 Å². The fourth-order valence-corrected chi connectivity index (χ4v) is 1.99. The van der Waals surface area contributed by atoms with E-state index in [2.05, 4.69) is 4.98 Å². The normalized spacial score (nSPS) is 10.8. The van der Waals surface area contributed by atoms with Crippen LogP contribution in [0.3, 0.4) is 0 Å². The highest BCUT2D eigenvalue weighted by atomic mass is 127. The minimum Gasteiger partial charge on any atom is -0.253 e. The molecule has 0 saturated carbocycles. The summed E-state index contributed by atoms with van der Waals surface area (Å²) >= 11 is 9.40. The smallest absolute Gasteiger partial charge is 0.253 e. The Hall–Kier alpha value is 0.760. The summed E-state index contributed by atoms with van der Waals surface area (Å²) in [5.41, 5.74) is -0.204. The van der Waals surface area contributed by atoms with Crippen molar-refractivity contribution in [3.8, 4) is 0 Å². The van der Waals surface area contributed by atoms with Crippen LogP contribution >= 0.6 is 56.8 Å². The monoisotopic (exact) mass is 415 g/mol. The molecule has 1 aromatic rings. The Morgan fingerprint density at radius 3 is 2.42 bits per heavy atom. The van der Waals surface area contributed by atoms with Gasteiger partial charge in [-0.1, -0.05) is 11.6 Å². The number of pyridine rings is 1. The van der Waals surface area contributed by atoms with Gasteiger partial charge in [0.1, 0.15) is 5.69 Å². The third-order valence-electron chi connectivity index (χ3n) is 1.15. The Morgan fingerprint density at radius 2 is 1.92 bits per heavy atom. The fraction of sp³-hybridized carbons (Fsp3) is 0.167. The van der Waals surface area contributed by atoms with Gasteiger partial charge in [0, 0.05) is 9.77 Å². The van der Waals surface area contributed by atoms with Crippen molar-refractivity contribution >= 4 is 56.8 Å². The average Bonchev–Trinajstić information content (AvgIpc) is 2.00. The quantitative estimate of drug-likeness (QED) is 0.635. The molecule has 6 heteroatoms. The van der Waals surface area contributed by atoms with Crippen LogP contribution < -0.4 is 0 Å². The second kappa shape index (κ2) is 4.32. The molecule has 1 aromatic heterocycles. The summed E-state index contributed by atoms with van der Waals surface area (Å²) in [4.78, 5) is 3.54. The number of hydrogen-bond donors (Lipinski definition) is 0. The van der Waals surface area contributed by atoms with Gasteiger partial charge in [0.05, 0.1) is 8.59 Å². The Labute approximate surface area is 100 Å². The molecule has 1 rings (SSSR count). The summed E-state index contributed by atoms with van der Waals surface area (Å²) in [7, 11) is 0. The first-order valence-corrected chi connectivity index (χ1v) is 5.35. The highest BCUT2D eigenvalue weighted by Gasteiger charge is 2.16. The van der Waals surface area contributed by atoms with Crippen LogP contribution in [-0.2, 0) is 0 Å². The van der Waals surface area contributed by atoms with E-state index in [-0.39, 0.29) is 5.69 Å². The first kappa shape index (κ1) is 10.8. The largest absolute Gasteiger partial charge is 0.281 e. The van der Waals surface area contributed by atoms with Crippen LogP contribution in [0, 0.1) is 7.14 Å². The number of alkyl halides is 2. The molecule has 12 heavy (non-hydrogen) atoms. The second-order valence-corrected chi connectivity index (χ2v) is 4.48. The van der Waals surface area contributed by atoms with Gasteiger partial charge in [0.2, 0.25) is 0 Å². The van der Waals surface area contributed by atoms with E-state index >= 15 is 0 Å². The molecule has 0 aliphatic rings. The lowest BCUT2D eigenvalue weighted by molar-refractivity contribution is 0.145. The van der Waals surface area contributed by atoms with Gasteiger partial charge in [0.25, 0.3) is 6.43 Å². The van der Waals surface area contributed by atoms with Crippen LogP contribution in [0.15, 0.2) is 6.20 Å². The van der Waals surface area contributed by atoms with Crippen molar-refractivity contribution in [1.82, 2.24) is 4.98 Å². The molecule has 0 atom stereocenters. The Bertz CT molecular complexity index is 306. The summed E-state index contributed by atoms with van der Waals surface area (Å²) in [6.45, 7) is 0. The van der Waals surface area contributed by atoms with Crippen molar-refractivity contribution in [3.05, 3.63) is 24.1 Å². The van der Waals surface area contributed by atoms with E-state index in [1.165, 1.54) is 6.20 Å². The zero-order valence-electron chi connectivity index (χ0n) is 5.49. The third kappa shape index (κ3) is 2.16. The zero-order valence-corrected chi connectivity index (χ0v) is 10.6. The Kier molecular flexibility index (Phi) is 3.90. The molecular formula is C6H2ClF2I2N. The minimum absolute atomic E-state index is 0.204. The number of rotatable bonds is 1. The van der Waals surface area contributed by atoms with Gasteiger partial charge in [-0.05, 0) is 45.2 Å². The van der Waals surface area contributed by atoms with E-state index < -0.39 is 6.43 Å². The van der Waals surface area contributed by atoms with Crippen molar-refractivity contribution < 1.29 is 8.78 Å². The molecule has 1 heterocycles. The van der Waals surface area contributed by atoms with E-state index in [0.717, 1.165) is 0 Å². The molecule has 0 fully saturated rings. The molecule has 0 radical (unpaired) electrons. The van der Waals surface area contributed by atoms with E-state index in [4.69, 9.17) is 11.6 Å². The topological polar surface area (TPSA) is 12.9 Å². The third-order valence-corrected chi connectivity index (χ3v) is 5.00. The first-order valence-electron chi connectivity index (χ1n) is 2.81. The van der Waals surface area contributed by atoms with Gasteiger partial charge in [-0.15, -0.1) is 0 Å². The van der Waals surface area contributed by atoms with E-state index in [9.17, 15) is 8.78 Å². The van der Waals surface area contributed by atoms with Crippen LogP contribution in [0.4, 0.5) is 8.78 Å². The molecule has 0 spiro atoms. The molecular weight excluding hydrogens is 413 g/mol. The van der Waals surface area contributed by atoms with Gasteiger partial charge < -0.3 is 0 Å². The lowest BCUT2D eigenvalue weighted by Gasteiger charge is -2.04. The maximum Gasteiger partial charge on any atom is 0.281 e. The molecule has 0 unspecified atom stereocenters. The minimum atomic E-state index is -2.54. The predicted octanol–water partition coefficient (Wildman–Crippen LogP) is 3.88. The van der Waals surface area contributed by atoms with Crippen LogP contribution in [0.2, 0.25) is 5.02 Å². The summed E-state index contributed by atoms with van der Waals surface area (Å²) in [5.74, 6) is 0. The SMILES string of the molecule is FC(F)c1ncc(Cl)c(I)c1I. The lowest BCUT2D eigenvalue weighted by Crippen LogP contribution is -1.97. The van der Waals surface area contributed by atoms with E-state index in [1.807, 2.05) is 45.2 Å². The summed E-state index contributed by atoms with van der Waals surface area (Å²) in [6, 6.07) is 0. The van der Waals surface area contributed by atoms with Crippen LogP contribution in [-0.4, -0.2) is 4.98 Å². The van der Waals surface area contributed by atoms with Crippen molar-refractivity contribution in [3.63, 3.8) is 0 Å². The maximum absolute atomic E-state index is 12.2. The van der Waals surface area contributed by atoms with Crippen molar-refractivity contribution in [2.45, 2.75) is 6.43 Å². The predicted molar refractivity (Wildman–Crippen MR) is 59.6 cm³/mol. The van der Waals surface area contributed by atoms with Gasteiger partial charge in [-0.3, -0.25) is 4.98 Å². The van der Waals surface area contributed by atoms with Crippen molar-refractivity contribution in [1.29, 1.82) is 0 Å². The number of nitrogens with zero attached hydrogens (tertiary/aromatic N) is 1. The lowest BCUT2D eigenvalue weighted by atomic mass is 10.4. The van der Waals surface area contributed by atoms with Gasteiger partial charge in [0.15, 0.2) is 0 Å². The van der Waals surface area contributed by atoms with Gasteiger partial charge in [-0.2, -0.15) is 0 Å². The average molecular weight is 415 g/mol. The first-order chi connectivity index (χ1) is 5.54. The number of aromatic nitrogens is 1. The van der Waals surface area contributed by atoms with Crippen molar-refractivity contribution in [2.75, 3.05) is 0 Å². The summed E-state index contributed by atoms with van der Waals surface area (Å²) < 4.78 is 25.5. The van der Waals surface area contributed by atoms with Crippen LogP contribution in [0.1, 0.15) is 12.1 Å². The molecule has 0 N–H and O–H groups in total. The Morgan fingerprint density at radius 1 is 1.33 bits per heavy atom. The van der Waals surface area contributed by atoms with Crippen LogP contribution in [0.25, 0.3) is 0 Å². The number of halogens is 5.